The SMILES string of the molecule is CC(N)(C=O)c1ccc(O)c(O)c1. The molecule has 0 saturated heterocycles. The number of phenolic OH excluding ortho intramolecular Hbond substituents is 2. The molecule has 1 aromatic carbocycles. The van der Waals surface area contributed by atoms with Crippen LogP contribution >= 0.6 is 0 Å². The number of hydrogen-bond acceptors (Lipinski definition) is 4. The van der Waals surface area contributed by atoms with Crippen LogP contribution in [0.15, 0.2) is 18.2 Å². The van der Waals surface area contributed by atoms with Gasteiger partial charge in [-0.25, -0.2) is 0 Å². The van der Waals surface area contributed by atoms with Gasteiger partial charge in [0.15, 0.2) is 11.5 Å². The maximum atomic E-state index is 10.6. The minimum absolute atomic E-state index is 0.231. The first-order chi connectivity index (χ1) is 5.97. The van der Waals surface area contributed by atoms with Gasteiger partial charge in [-0.2, -0.15) is 0 Å². The number of carbonyl (C=O) groups is 1. The lowest BCUT2D eigenvalue weighted by molar-refractivity contribution is -0.112. The Kier molecular flexibility index (Phi) is 2.25. The lowest BCUT2D eigenvalue weighted by atomic mass is 9.95. The Labute approximate surface area is 75.6 Å². The molecule has 0 fully saturated rings. The number of nitrogens with two attached hydrogens (primary N) is 1. The van der Waals surface area contributed by atoms with Crippen LogP contribution in [0.4, 0.5) is 0 Å². The number of aldehydes is 1. The van der Waals surface area contributed by atoms with E-state index < -0.39 is 5.54 Å². The first-order valence-corrected chi connectivity index (χ1v) is 3.75. The van der Waals surface area contributed by atoms with Gasteiger partial charge < -0.3 is 20.7 Å². The molecule has 1 unspecified atom stereocenters. The Morgan fingerprint density at radius 3 is 2.46 bits per heavy atom. The molecule has 0 spiro atoms. The van der Waals surface area contributed by atoms with Crippen LogP contribution in [-0.4, -0.2) is 16.5 Å². The van der Waals surface area contributed by atoms with E-state index in [4.69, 9.17) is 15.9 Å². The first-order valence-electron chi connectivity index (χ1n) is 3.75. The van der Waals surface area contributed by atoms with Crippen molar-refractivity contribution in [3.63, 3.8) is 0 Å². The number of rotatable bonds is 2. The van der Waals surface area contributed by atoms with Crippen molar-refractivity contribution in [2.45, 2.75) is 12.5 Å². The van der Waals surface area contributed by atoms with Gasteiger partial charge in [0.05, 0.1) is 5.54 Å². The second-order valence-corrected chi connectivity index (χ2v) is 3.10. The highest BCUT2D eigenvalue weighted by molar-refractivity contribution is 5.67. The largest absolute Gasteiger partial charge is 0.504 e. The van der Waals surface area contributed by atoms with Crippen LogP contribution < -0.4 is 5.73 Å². The van der Waals surface area contributed by atoms with Gasteiger partial charge in [0.2, 0.25) is 0 Å². The molecular weight excluding hydrogens is 170 g/mol. The van der Waals surface area contributed by atoms with Crippen molar-refractivity contribution in [2.75, 3.05) is 0 Å². The number of aromatic hydroxyl groups is 2. The molecule has 0 aromatic heterocycles. The molecule has 70 valence electrons. The van der Waals surface area contributed by atoms with Crippen LogP contribution in [0.5, 0.6) is 11.5 Å². The molecular formula is C9H11NO3. The van der Waals surface area contributed by atoms with Crippen molar-refractivity contribution in [1.82, 2.24) is 0 Å². The molecule has 0 saturated carbocycles. The zero-order chi connectivity index (χ0) is 10.1. The van der Waals surface area contributed by atoms with E-state index in [9.17, 15) is 4.79 Å². The van der Waals surface area contributed by atoms with Crippen LogP contribution in [0.2, 0.25) is 0 Å². The standard InChI is InChI=1S/C9H11NO3/c1-9(10,5-11)6-2-3-7(12)8(13)4-6/h2-5,12-13H,10H2,1H3. The number of phenols is 2. The van der Waals surface area contributed by atoms with E-state index in [-0.39, 0.29) is 11.5 Å². The topological polar surface area (TPSA) is 83.6 Å². The molecule has 4 N–H and O–H groups in total. The zero-order valence-corrected chi connectivity index (χ0v) is 7.19. The highest BCUT2D eigenvalue weighted by Crippen LogP contribution is 2.28. The van der Waals surface area contributed by atoms with E-state index in [2.05, 4.69) is 0 Å². The summed E-state index contributed by atoms with van der Waals surface area (Å²) in [5, 5.41) is 18.1. The number of benzene rings is 1. The molecule has 1 rings (SSSR count). The predicted octanol–water partition coefficient (Wildman–Crippen LogP) is 0.471. The summed E-state index contributed by atoms with van der Waals surface area (Å²) in [5.41, 5.74) is 4.92. The number of hydrogen-bond donors (Lipinski definition) is 3. The van der Waals surface area contributed by atoms with Gasteiger partial charge >= 0.3 is 0 Å². The Morgan fingerprint density at radius 1 is 1.38 bits per heavy atom. The third-order valence-corrected chi connectivity index (χ3v) is 1.84. The van der Waals surface area contributed by atoms with Crippen LogP contribution in [0.25, 0.3) is 0 Å². The minimum Gasteiger partial charge on any atom is -0.504 e. The minimum atomic E-state index is -1.13. The highest BCUT2D eigenvalue weighted by atomic mass is 16.3. The maximum Gasteiger partial charge on any atom is 0.157 e. The van der Waals surface area contributed by atoms with E-state index >= 15 is 0 Å². The van der Waals surface area contributed by atoms with Crippen molar-refractivity contribution >= 4 is 6.29 Å². The molecule has 0 radical (unpaired) electrons. The Hall–Kier alpha value is -1.55. The van der Waals surface area contributed by atoms with Gasteiger partial charge in [-0.3, -0.25) is 0 Å². The fraction of sp³-hybridized carbons (Fsp3) is 0.222. The highest BCUT2D eigenvalue weighted by Gasteiger charge is 2.20. The summed E-state index contributed by atoms with van der Waals surface area (Å²) in [7, 11) is 0. The van der Waals surface area contributed by atoms with E-state index in [0.717, 1.165) is 0 Å². The second kappa shape index (κ2) is 3.06. The summed E-state index contributed by atoms with van der Waals surface area (Å²) in [5.74, 6) is -0.513. The summed E-state index contributed by atoms with van der Waals surface area (Å²) in [4.78, 5) is 10.6. The maximum absolute atomic E-state index is 10.6. The van der Waals surface area contributed by atoms with Crippen molar-refractivity contribution in [1.29, 1.82) is 0 Å². The van der Waals surface area contributed by atoms with E-state index in [0.29, 0.717) is 11.8 Å². The van der Waals surface area contributed by atoms with Crippen molar-refractivity contribution in [3.05, 3.63) is 23.8 Å². The van der Waals surface area contributed by atoms with Crippen molar-refractivity contribution < 1.29 is 15.0 Å². The average Bonchev–Trinajstić information content (AvgIpc) is 2.09. The fourth-order valence-corrected chi connectivity index (χ4v) is 0.927. The Morgan fingerprint density at radius 2 is 2.00 bits per heavy atom. The number of carbonyl (C=O) groups excluding carboxylic acids is 1. The molecule has 13 heavy (non-hydrogen) atoms. The molecule has 0 aliphatic heterocycles. The van der Waals surface area contributed by atoms with Gasteiger partial charge in [-0.15, -0.1) is 0 Å². The van der Waals surface area contributed by atoms with Gasteiger partial charge in [-0.05, 0) is 24.6 Å². The molecule has 0 amide bonds. The average molecular weight is 181 g/mol. The molecule has 1 aromatic rings. The predicted molar refractivity (Wildman–Crippen MR) is 47.4 cm³/mol. The van der Waals surface area contributed by atoms with E-state index in [1.165, 1.54) is 25.1 Å². The monoisotopic (exact) mass is 181 g/mol. The van der Waals surface area contributed by atoms with Gasteiger partial charge in [0, 0.05) is 0 Å². The lowest BCUT2D eigenvalue weighted by Crippen LogP contribution is -2.34. The van der Waals surface area contributed by atoms with Crippen LogP contribution in [0, 0.1) is 0 Å². The zero-order valence-electron chi connectivity index (χ0n) is 7.19. The van der Waals surface area contributed by atoms with Crippen LogP contribution in [0.3, 0.4) is 0 Å². The molecule has 0 bridgehead atoms. The van der Waals surface area contributed by atoms with E-state index in [1.807, 2.05) is 0 Å². The first kappa shape index (κ1) is 9.54. The van der Waals surface area contributed by atoms with Crippen molar-refractivity contribution in [3.8, 4) is 11.5 Å². The third-order valence-electron chi connectivity index (χ3n) is 1.84. The van der Waals surface area contributed by atoms with Gasteiger partial charge in [-0.1, -0.05) is 6.07 Å². The summed E-state index contributed by atoms with van der Waals surface area (Å²) in [6.45, 7) is 1.52. The summed E-state index contributed by atoms with van der Waals surface area (Å²) in [6.07, 6.45) is 0.582. The van der Waals surface area contributed by atoms with Crippen molar-refractivity contribution in [2.24, 2.45) is 5.73 Å². The molecule has 0 aliphatic rings. The molecule has 1 atom stereocenters. The molecule has 4 heteroatoms. The summed E-state index contributed by atoms with van der Waals surface area (Å²) >= 11 is 0. The lowest BCUT2D eigenvalue weighted by Gasteiger charge is -2.17. The molecule has 4 nitrogen and oxygen atoms in total. The Balaban J connectivity index is 3.18. The molecule has 0 aliphatic carbocycles. The van der Waals surface area contributed by atoms with Gasteiger partial charge in [0.1, 0.15) is 6.29 Å². The fourth-order valence-electron chi connectivity index (χ4n) is 0.927. The van der Waals surface area contributed by atoms with Gasteiger partial charge in [0.25, 0.3) is 0 Å². The summed E-state index contributed by atoms with van der Waals surface area (Å²) in [6, 6.07) is 4.05. The van der Waals surface area contributed by atoms with E-state index in [1.54, 1.807) is 0 Å². The normalized spacial score (nSPS) is 14.9. The quantitative estimate of drug-likeness (QED) is 0.457. The smallest absolute Gasteiger partial charge is 0.157 e. The Bertz CT molecular complexity index is 334. The van der Waals surface area contributed by atoms with Crippen LogP contribution in [-0.2, 0) is 10.3 Å². The third kappa shape index (κ3) is 1.78. The molecule has 0 heterocycles. The summed E-state index contributed by atoms with van der Waals surface area (Å²) < 4.78 is 0. The second-order valence-electron chi connectivity index (χ2n) is 3.10. The van der Waals surface area contributed by atoms with Crippen LogP contribution in [0.1, 0.15) is 12.5 Å².